The van der Waals surface area contributed by atoms with Gasteiger partial charge >= 0.3 is 11.9 Å². The van der Waals surface area contributed by atoms with Gasteiger partial charge in [0.2, 0.25) is 0 Å². The number of aliphatic hydroxyl groups is 4. The van der Waals surface area contributed by atoms with E-state index >= 15 is 4.79 Å². The van der Waals surface area contributed by atoms with Gasteiger partial charge in [0.15, 0.2) is 0 Å². The van der Waals surface area contributed by atoms with Gasteiger partial charge in [-0.05, 0) is 146 Å². The highest BCUT2D eigenvalue weighted by Gasteiger charge is 2.62. The molecular formula is C61H73NO10. The van der Waals surface area contributed by atoms with E-state index in [2.05, 4.69) is 35.4 Å². The molecule has 10 bridgehead atoms. The molecule has 5 aliphatic carbocycles. The van der Waals surface area contributed by atoms with Crippen LogP contribution in [-0.4, -0.2) is 73.7 Å². The van der Waals surface area contributed by atoms with E-state index in [4.69, 9.17) is 9.47 Å². The first-order valence-electron chi connectivity index (χ1n) is 27.5. The zero-order valence-corrected chi connectivity index (χ0v) is 41.9. The molecule has 3 aromatic rings. The van der Waals surface area contributed by atoms with E-state index in [1.165, 1.54) is 0 Å². The molecule has 8 aliphatic rings. The molecule has 5 fully saturated rings. The number of carbonyl (C=O) groups excluding carboxylic acids is 3. The van der Waals surface area contributed by atoms with Crippen LogP contribution >= 0.6 is 0 Å². The highest BCUT2D eigenvalue weighted by molar-refractivity contribution is 5.89. The topological polar surface area (TPSA) is 183 Å². The Hall–Kier alpha value is -4.99. The summed E-state index contributed by atoms with van der Waals surface area (Å²) in [5, 5.41) is 64.3. The number of fused-ring (bicyclic) bond motifs is 10. The van der Waals surface area contributed by atoms with Gasteiger partial charge in [-0.25, -0.2) is 4.79 Å². The molecule has 0 radical (unpaired) electrons. The fourth-order valence-electron chi connectivity index (χ4n) is 15.6. The molecule has 1 spiro atoms. The Labute approximate surface area is 424 Å². The maximum atomic E-state index is 15.9. The zero-order valence-electron chi connectivity index (χ0n) is 41.9. The number of Topliss-reactive ketones (excluding diaryl/α,β-unsaturated/α-hetero) is 1. The molecule has 11 unspecified atom stereocenters. The van der Waals surface area contributed by atoms with Gasteiger partial charge < -0.3 is 40.3 Å². The van der Waals surface area contributed by atoms with E-state index < -0.39 is 53.1 Å². The van der Waals surface area contributed by atoms with Crippen LogP contribution in [-0.2, 0) is 44.0 Å². The standard InChI is InChI=1S/C61H73NO10/c1-35(64)33-62-46-24-37(34-63)22-42(27-46)39-16-17-40-32-55(67)72-58-47(40)29-43(57(68)56(58)38-11-3-2-4-12-38)31-54-61(70)50-15-6-5-13-41(50)28-48-49(52(65)19-18-51(48)61)25-36-10-9-14-45(23-36)60(20-7-8-21-60)53(66)30-44(26-39)59(69)71-54/h9-10,14,22-24,27,29-30,35,38-41,48-51,53-54,62-64,66,68,70H,2-8,11-13,15,18-21,25-26,28,31-34H2,1H3. The number of aromatic hydroxyl groups is 1. The Morgan fingerprint density at radius 1 is 0.847 bits per heavy atom. The van der Waals surface area contributed by atoms with Crippen molar-refractivity contribution < 1.29 is 49.4 Å². The minimum atomic E-state index is -1.59. The number of hydrogen-bond acceptors (Lipinski definition) is 11. The number of ketones is 1. The molecule has 11 heteroatoms. The highest BCUT2D eigenvalue weighted by atomic mass is 16.6. The van der Waals surface area contributed by atoms with Crippen molar-refractivity contribution in [2.75, 3.05) is 11.9 Å². The van der Waals surface area contributed by atoms with Gasteiger partial charge in [-0.3, -0.25) is 9.59 Å². The van der Waals surface area contributed by atoms with Crippen molar-refractivity contribution in [3.8, 4) is 23.3 Å². The molecular weight excluding hydrogens is 907 g/mol. The lowest BCUT2D eigenvalue weighted by atomic mass is 9.48. The smallest absolute Gasteiger partial charge is 0.334 e. The predicted molar refractivity (Wildman–Crippen MR) is 272 cm³/mol. The first-order chi connectivity index (χ1) is 34.8. The Bertz CT molecular complexity index is 2680. The summed E-state index contributed by atoms with van der Waals surface area (Å²) >= 11 is 0. The van der Waals surface area contributed by atoms with E-state index in [0.29, 0.717) is 71.4 Å². The van der Waals surface area contributed by atoms with E-state index in [9.17, 15) is 35.1 Å². The van der Waals surface area contributed by atoms with Gasteiger partial charge in [-0.1, -0.05) is 93.5 Å². The number of aliphatic hydroxyl groups excluding tert-OH is 3. The molecule has 0 saturated heterocycles. The van der Waals surface area contributed by atoms with Crippen LogP contribution in [0.25, 0.3) is 0 Å². The zero-order chi connectivity index (χ0) is 49.9. The lowest BCUT2D eigenvalue weighted by Crippen LogP contribution is -2.65. The lowest BCUT2D eigenvalue weighted by molar-refractivity contribution is -0.228. The number of phenolic OH excluding ortho intramolecular Hbond substituents is 1. The third-order valence-electron chi connectivity index (χ3n) is 19.1. The minimum absolute atomic E-state index is 0.00119. The van der Waals surface area contributed by atoms with E-state index in [0.717, 1.165) is 88.2 Å². The predicted octanol–water partition coefficient (Wildman–Crippen LogP) is 9.27. The average molecular weight is 980 g/mol. The molecule has 11 atom stereocenters. The second kappa shape index (κ2) is 20.0. The first kappa shape index (κ1) is 49.2. The largest absolute Gasteiger partial charge is 0.507 e. The van der Waals surface area contributed by atoms with Crippen molar-refractivity contribution in [3.05, 3.63) is 99.1 Å². The number of benzene rings is 3. The maximum absolute atomic E-state index is 15.9. The van der Waals surface area contributed by atoms with Gasteiger partial charge in [0.1, 0.15) is 29.0 Å². The Morgan fingerprint density at radius 2 is 1.62 bits per heavy atom. The molecule has 3 heterocycles. The van der Waals surface area contributed by atoms with Crippen LogP contribution in [0.3, 0.4) is 0 Å². The Balaban J connectivity index is 1.17. The van der Waals surface area contributed by atoms with Crippen molar-refractivity contribution in [2.45, 2.75) is 189 Å². The summed E-state index contributed by atoms with van der Waals surface area (Å²) in [7, 11) is 0. The molecule has 382 valence electrons. The van der Waals surface area contributed by atoms with Crippen LogP contribution in [0.4, 0.5) is 5.69 Å². The fraction of sp³-hybridized carbons (Fsp3) is 0.590. The summed E-state index contributed by atoms with van der Waals surface area (Å²) < 4.78 is 13.3. The normalized spacial score (nSPS) is 32.7. The lowest BCUT2D eigenvalue weighted by Gasteiger charge is -2.59. The first-order valence-corrected chi connectivity index (χ1v) is 27.5. The molecule has 3 aromatic carbocycles. The van der Waals surface area contributed by atoms with Crippen molar-refractivity contribution in [1.82, 2.24) is 0 Å². The van der Waals surface area contributed by atoms with Crippen molar-refractivity contribution >= 4 is 23.4 Å². The summed E-state index contributed by atoms with van der Waals surface area (Å²) in [6.07, 6.45) is 12.1. The quantitative estimate of drug-likeness (QED) is 0.0787. The van der Waals surface area contributed by atoms with Crippen LogP contribution < -0.4 is 10.1 Å². The van der Waals surface area contributed by atoms with Crippen LogP contribution in [0.5, 0.6) is 11.5 Å². The van der Waals surface area contributed by atoms with Crippen molar-refractivity contribution in [2.24, 2.45) is 29.6 Å². The number of hydrogen-bond donors (Lipinski definition) is 6. The molecule has 5 saturated carbocycles. The molecule has 3 aliphatic heterocycles. The molecule has 11 rings (SSSR count). The molecule has 6 N–H and O–H groups in total. The van der Waals surface area contributed by atoms with Crippen molar-refractivity contribution in [3.63, 3.8) is 0 Å². The third-order valence-corrected chi connectivity index (χ3v) is 19.1. The van der Waals surface area contributed by atoms with Crippen LogP contribution in [0, 0.1) is 41.4 Å². The van der Waals surface area contributed by atoms with Gasteiger partial charge in [0.25, 0.3) is 0 Å². The fourth-order valence-corrected chi connectivity index (χ4v) is 15.6. The second-order valence-corrected chi connectivity index (χ2v) is 23.3. The number of esters is 2. The molecule has 0 amide bonds. The van der Waals surface area contributed by atoms with Gasteiger partial charge in [0.05, 0.1) is 31.2 Å². The summed E-state index contributed by atoms with van der Waals surface area (Å²) in [4.78, 5) is 44.2. The van der Waals surface area contributed by atoms with Gasteiger partial charge in [0, 0.05) is 59.0 Å². The van der Waals surface area contributed by atoms with Crippen LogP contribution in [0.15, 0.2) is 60.2 Å². The number of ether oxygens (including phenoxy) is 2. The number of rotatable bonds is 6. The molecule has 11 nitrogen and oxygen atoms in total. The summed E-state index contributed by atoms with van der Waals surface area (Å²) in [5.41, 5.74) is 3.59. The van der Waals surface area contributed by atoms with E-state index in [1.54, 1.807) is 13.0 Å². The third kappa shape index (κ3) is 9.00. The minimum Gasteiger partial charge on any atom is -0.507 e. The number of nitrogens with one attached hydrogen (secondary N) is 1. The molecule has 72 heavy (non-hydrogen) atoms. The number of anilines is 1. The van der Waals surface area contributed by atoms with Gasteiger partial charge in [-0.2, -0.15) is 0 Å². The average Bonchev–Trinajstić information content (AvgIpc) is 3.89. The van der Waals surface area contributed by atoms with Crippen LogP contribution in [0.2, 0.25) is 0 Å². The van der Waals surface area contributed by atoms with E-state index in [-0.39, 0.29) is 85.0 Å². The summed E-state index contributed by atoms with van der Waals surface area (Å²) in [6.45, 7) is 1.66. The second-order valence-electron chi connectivity index (χ2n) is 23.3. The summed E-state index contributed by atoms with van der Waals surface area (Å²) in [6, 6.07) is 15.9. The Morgan fingerprint density at radius 3 is 2.42 bits per heavy atom. The highest BCUT2D eigenvalue weighted by Crippen LogP contribution is 2.60. The van der Waals surface area contributed by atoms with E-state index in [1.807, 2.05) is 30.3 Å². The van der Waals surface area contributed by atoms with Crippen LogP contribution in [0.1, 0.15) is 179 Å². The number of phenols is 1. The van der Waals surface area contributed by atoms with Crippen molar-refractivity contribution in [1.29, 1.82) is 0 Å². The maximum Gasteiger partial charge on any atom is 0.334 e. The molecule has 0 aromatic heterocycles. The van der Waals surface area contributed by atoms with Gasteiger partial charge in [-0.15, -0.1) is 0 Å². The number of carbonyl (C=O) groups is 3. The summed E-state index contributed by atoms with van der Waals surface area (Å²) in [5.74, 6) is 4.00. The Kier molecular flexibility index (Phi) is 13.7. The SMILES string of the molecule is CC(O)CNc1cc(CO)cc(C2C#CC3CC(=O)Oc4c3cc(c(O)c4C3CCCCC3)CC3OC(=O)C(=CC(O)C4(CCCC4)c4cccc(c4)CC4C(=O)CCC5C4CC4CCCCC4C35O)C2)c1. The monoisotopic (exact) mass is 980 g/mol.